The van der Waals surface area contributed by atoms with Crippen molar-refractivity contribution in [2.24, 2.45) is 0 Å². The molecular formula is C16H40Br2NP. The maximum absolute atomic E-state index is 4.43. The van der Waals surface area contributed by atoms with E-state index in [1.807, 2.05) is 0 Å². The zero-order valence-electron chi connectivity index (χ0n) is 14.7. The molecule has 0 amide bonds. The SMILES string of the molecule is CCCCP(Br)(CCCC)(CCCC)CCCC.[Br-].[NH4+]. The molecule has 0 aliphatic carbocycles. The molecule has 0 aromatic rings. The number of hydrogen-bond acceptors (Lipinski definition) is 0. The summed E-state index contributed by atoms with van der Waals surface area (Å²) in [6, 6.07) is 0. The quantitative estimate of drug-likeness (QED) is 0.439. The summed E-state index contributed by atoms with van der Waals surface area (Å²) in [6.07, 6.45) is 17.2. The van der Waals surface area contributed by atoms with Crippen molar-refractivity contribution in [2.75, 3.05) is 24.6 Å². The van der Waals surface area contributed by atoms with Gasteiger partial charge < -0.3 is 23.1 Å². The third kappa shape index (κ3) is 10.1. The third-order valence-electron chi connectivity index (χ3n) is 4.28. The average Bonchev–Trinajstić information content (AvgIpc) is 2.40. The zero-order valence-corrected chi connectivity index (χ0v) is 18.8. The van der Waals surface area contributed by atoms with Crippen LogP contribution in [-0.4, -0.2) is 24.6 Å². The Morgan fingerprint density at radius 3 is 0.950 bits per heavy atom. The second kappa shape index (κ2) is 14.0. The van der Waals surface area contributed by atoms with Gasteiger partial charge in [-0.25, -0.2) is 0 Å². The first-order valence-corrected chi connectivity index (χ1v) is 13.3. The van der Waals surface area contributed by atoms with Gasteiger partial charge in [-0.3, -0.25) is 0 Å². The Balaban J connectivity index is -0.00000144. The van der Waals surface area contributed by atoms with Crippen LogP contribution in [0.2, 0.25) is 0 Å². The van der Waals surface area contributed by atoms with Gasteiger partial charge in [-0.15, -0.1) is 0 Å². The predicted octanol–water partition coefficient (Wildman–Crippen LogP) is 4.43. The first-order chi connectivity index (χ1) is 8.54. The van der Waals surface area contributed by atoms with Gasteiger partial charge in [0.05, 0.1) is 0 Å². The van der Waals surface area contributed by atoms with Gasteiger partial charge in [0, 0.05) is 0 Å². The summed E-state index contributed by atoms with van der Waals surface area (Å²) < 4.78 is 0. The molecule has 0 radical (unpaired) electrons. The van der Waals surface area contributed by atoms with Crippen LogP contribution in [0.15, 0.2) is 0 Å². The molecule has 0 unspecified atom stereocenters. The van der Waals surface area contributed by atoms with E-state index in [0.717, 1.165) is 0 Å². The monoisotopic (exact) mass is 435 g/mol. The van der Waals surface area contributed by atoms with Crippen molar-refractivity contribution >= 4 is 20.8 Å². The molecular weight excluding hydrogens is 397 g/mol. The van der Waals surface area contributed by atoms with Crippen LogP contribution in [0.3, 0.4) is 0 Å². The fraction of sp³-hybridized carbons (Fsp3) is 1.00. The fourth-order valence-electron chi connectivity index (χ4n) is 2.88. The molecule has 4 heteroatoms. The van der Waals surface area contributed by atoms with Gasteiger partial charge in [-0.1, -0.05) is 0 Å². The van der Waals surface area contributed by atoms with E-state index in [9.17, 15) is 0 Å². The van der Waals surface area contributed by atoms with Crippen LogP contribution in [0.1, 0.15) is 79.1 Å². The second-order valence-electron chi connectivity index (χ2n) is 6.13. The number of quaternary nitrogens is 1. The number of halogens is 2. The summed E-state index contributed by atoms with van der Waals surface area (Å²) in [5, 5.41) is -1.55. The van der Waals surface area contributed by atoms with E-state index in [0.29, 0.717) is 0 Å². The van der Waals surface area contributed by atoms with Crippen LogP contribution in [0.5, 0.6) is 0 Å². The zero-order chi connectivity index (χ0) is 13.9. The molecule has 0 atom stereocenters. The summed E-state index contributed by atoms with van der Waals surface area (Å²) in [6.45, 7) is 9.36. The van der Waals surface area contributed by atoms with E-state index < -0.39 is 5.31 Å². The van der Waals surface area contributed by atoms with Crippen molar-refractivity contribution in [2.45, 2.75) is 79.1 Å². The summed E-state index contributed by atoms with van der Waals surface area (Å²) in [5.41, 5.74) is 0. The van der Waals surface area contributed by atoms with Gasteiger partial charge in [0.15, 0.2) is 0 Å². The minimum Gasteiger partial charge on any atom is -1.00 e. The Labute approximate surface area is 147 Å². The smallest absolute Gasteiger partial charge is 0.369 e. The largest absolute Gasteiger partial charge is 1.00 e. The molecule has 0 aromatic carbocycles. The van der Waals surface area contributed by atoms with Crippen molar-refractivity contribution in [3.8, 4) is 0 Å². The van der Waals surface area contributed by atoms with E-state index in [1.165, 1.54) is 76.0 Å². The fourth-order valence-corrected chi connectivity index (χ4v) is 11.7. The summed E-state index contributed by atoms with van der Waals surface area (Å²) in [4.78, 5) is 0. The maximum atomic E-state index is 4.43. The molecule has 0 bridgehead atoms. The molecule has 128 valence electrons. The molecule has 0 spiro atoms. The molecule has 0 aliphatic rings. The standard InChI is InChI=1S/C16H36BrP.BrH.H3N/c1-5-9-13-18(17,14-10-6-2,15-11-7-3)16-12-8-4;;/h5-16H2,1-4H3;1H;1H3. The van der Waals surface area contributed by atoms with Crippen molar-refractivity contribution in [3.63, 3.8) is 0 Å². The second-order valence-corrected chi connectivity index (χ2v) is 17.6. The topological polar surface area (TPSA) is 36.5 Å². The Morgan fingerprint density at radius 2 is 0.800 bits per heavy atom. The predicted molar refractivity (Wildman–Crippen MR) is 101 cm³/mol. The van der Waals surface area contributed by atoms with Crippen molar-refractivity contribution in [3.05, 3.63) is 0 Å². The summed E-state index contributed by atoms with van der Waals surface area (Å²) >= 11 is 4.43. The van der Waals surface area contributed by atoms with Gasteiger partial charge in [0.1, 0.15) is 0 Å². The van der Waals surface area contributed by atoms with Crippen LogP contribution in [0.25, 0.3) is 0 Å². The molecule has 0 saturated carbocycles. The first kappa shape index (κ1) is 26.3. The van der Waals surface area contributed by atoms with Gasteiger partial charge in [0.2, 0.25) is 0 Å². The van der Waals surface area contributed by atoms with Crippen LogP contribution in [0, 0.1) is 0 Å². The van der Waals surface area contributed by atoms with E-state index in [1.54, 1.807) is 0 Å². The van der Waals surface area contributed by atoms with Crippen molar-refractivity contribution < 1.29 is 17.0 Å². The molecule has 0 heterocycles. The van der Waals surface area contributed by atoms with Gasteiger partial charge in [0.25, 0.3) is 0 Å². The van der Waals surface area contributed by atoms with Crippen LogP contribution in [-0.2, 0) is 0 Å². The normalized spacial score (nSPS) is 12.9. The molecule has 0 aromatic heterocycles. The molecule has 0 rings (SSSR count). The van der Waals surface area contributed by atoms with Crippen molar-refractivity contribution in [1.29, 1.82) is 0 Å². The summed E-state index contributed by atoms with van der Waals surface area (Å²) in [7, 11) is 0. The van der Waals surface area contributed by atoms with Gasteiger partial charge in [-0.2, -0.15) is 0 Å². The molecule has 0 aliphatic heterocycles. The van der Waals surface area contributed by atoms with Crippen LogP contribution >= 0.6 is 20.8 Å². The number of hydrogen-bond donors (Lipinski definition) is 1. The summed E-state index contributed by atoms with van der Waals surface area (Å²) in [5.74, 6) is 0. The minimum atomic E-state index is -1.55. The Kier molecular flexibility index (Phi) is 18.3. The Bertz CT molecular complexity index is 169. The Morgan fingerprint density at radius 1 is 0.600 bits per heavy atom. The molecule has 0 saturated heterocycles. The first-order valence-electron chi connectivity index (χ1n) is 8.26. The molecule has 20 heavy (non-hydrogen) atoms. The number of rotatable bonds is 12. The molecule has 0 fully saturated rings. The van der Waals surface area contributed by atoms with Crippen LogP contribution in [0.4, 0.5) is 0 Å². The maximum Gasteiger partial charge on any atom is -0.369 e. The Hall–Kier alpha value is 1.35. The third-order valence-corrected chi connectivity index (χ3v) is 14.3. The van der Waals surface area contributed by atoms with E-state index >= 15 is 0 Å². The van der Waals surface area contributed by atoms with Crippen LogP contribution < -0.4 is 23.1 Å². The van der Waals surface area contributed by atoms with E-state index in [4.69, 9.17) is 0 Å². The molecule has 4 N–H and O–H groups in total. The minimum absolute atomic E-state index is 0. The van der Waals surface area contributed by atoms with Crippen molar-refractivity contribution in [1.82, 2.24) is 6.15 Å². The van der Waals surface area contributed by atoms with E-state index in [2.05, 4.69) is 43.2 Å². The molecule has 1 nitrogen and oxygen atoms in total. The van der Waals surface area contributed by atoms with Gasteiger partial charge in [-0.05, 0) is 0 Å². The number of unbranched alkanes of at least 4 members (excludes halogenated alkanes) is 4. The van der Waals surface area contributed by atoms with E-state index in [-0.39, 0.29) is 23.1 Å². The average molecular weight is 437 g/mol. The van der Waals surface area contributed by atoms with Gasteiger partial charge >= 0.3 is 125 Å².